The van der Waals surface area contributed by atoms with E-state index >= 15 is 0 Å². The molecule has 3 rings (SSSR count). The third-order valence-electron chi connectivity index (χ3n) is 4.72. The van der Waals surface area contributed by atoms with Gasteiger partial charge >= 0.3 is 0 Å². The number of aryl methyl sites for hydroxylation is 1. The van der Waals surface area contributed by atoms with Gasteiger partial charge in [-0.3, -0.25) is 9.58 Å². The molecule has 23 heavy (non-hydrogen) atoms. The molecule has 1 fully saturated rings. The van der Waals surface area contributed by atoms with Crippen molar-refractivity contribution >= 4 is 23.3 Å². The summed E-state index contributed by atoms with van der Waals surface area (Å²) in [5.41, 5.74) is 2.51. The van der Waals surface area contributed by atoms with E-state index in [4.69, 9.17) is 5.10 Å². The van der Waals surface area contributed by atoms with Gasteiger partial charge in [-0.05, 0) is 51.9 Å². The third kappa shape index (κ3) is 4.06. The Morgan fingerprint density at radius 3 is 2.65 bits per heavy atom. The first-order chi connectivity index (χ1) is 10.8. The summed E-state index contributed by atoms with van der Waals surface area (Å²) in [5, 5.41) is 9.67. The molecule has 1 aromatic heterocycles. The van der Waals surface area contributed by atoms with Crippen LogP contribution in [-0.2, 0) is 13.1 Å². The van der Waals surface area contributed by atoms with Crippen LogP contribution in [0.1, 0.15) is 38.8 Å². The lowest BCUT2D eigenvalue weighted by atomic mass is 10.0. The van der Waals surface area contributed by atoms with Gasteiger partial charge in [-0.1, -0.05) is 25.1 Å². The highest BCUT2D eigenvalue weighted by molar-refractivity contribution is 5.85. The summed E-state index contributed by atoms with van der Waals surface area (Å²) in [6, 6.07) is 9.34. The van der Waals surface area contributed by atoms with Gasteiger partial charge in [-0.15, -0.1) is 12.4 Å². The molecule has 0 bridgehead atoms. The Hall–Kier alpha value is -1.10. The number of fused-ring (bicyclic) bond motifs is 1. The molecule has 5 heteroatoms. The van der Waals surface area contributed by atoms with E-state index in [1.165, 1.54) is 35.9 Å². The number of benzene rings is 1. The molecule has 128 valence electrons. The molecule has 0 aliphatic carbocycles. The fourth-order valence-corrected chi connectivity index (χ4v) is 3.60. The standard InChI is InChI=1S/C18H28N4.ClH/c1-3-13-21(15-9-11-19-12-10-15)14-17-16-7-5-6-8-18(16)22(4-2)20-17;/h5-8,15,19H,3-4,9-14H2,1-2H3;1H. The van der Waals surface area contributed by atoms with Crippen LogP contribution >= 0.6 is 12.4 Å². The minimum Gasteiger partial charge on any atom is -0.317 e. The number of halogens is 1. The molecule has 1 aromatic carbocycles. The van der Waals surface area contributed by atoms with Gasteiger partial charge in [-0.25, -0.2) is 0 Å². The predicted molar refractivity (Wildman–Crippen MR) is 99.2 cm³/mol. The second-order valence-electron chi connectivity index (χ2n) is 6.23. The van der Waals surface area contributed by atoms with Gasteiger partial charge in [0, 0.05) is 24.5 Å². The lowest BCUT2D eigenvalue weighted by Gasteiger charge is -2.34. The van der Waals surface area contributed by atoms with Crippen LogP contribution in [0.4, 0.5) is 0 Å². The Morgan fingerprint density at radius 1 is 1.22 bits per heavy atom. The maximum Gasteiger partial charge on any atom is 0.0843 e. The average Bonchev–Trinajstić information content (AvgIpc) is 2.93. The summed E-state index contributed by atoms with van der Waals surface area (Å²) in [4.78, 5) is 2.65. The summed E-state index contributed by atoms with van der Waals surface area (Å²) in [7, 11) is 0. The van der Waals surface area contributed by atoms with E-state index in [1.54, 1.807) is 0 Å². The van der Waals surface area contributed by atoms with Gasteiger partial charge in [0.2, 0.25) is 0 Å². The first-order valence-corrected chi connectivity index (χ1v) is 8.72. The van der Waals surface area contributed by atoms with E-state index in [9.17, 15) is 0 Å². The number of aromatic nitrogens is 2. The second kappa shape index (κ2) is 8.67. The molecule has 0 unspecified atom stereocenters. The van der Waals surface area contributed by atoms with Crippen LogP contribution in [0.25, 0.3) is 10.9 Å². The molecule has 0 amide bonds. The molecule has 0 atom stereocenters. The zero-order valence-corrected chi connectivity index (χ0v) is 15.1. The molecular formula is C18H29ClN4. The van der Waals surface area contributed by atoms with Crippen molar-refractivity contribution in [3.05, 3.63) is 30.0 Å². The molecular weight excluding hydrogens is 308 g/mol. The van der Waals surface area contributed by atoms with Crippen LogP contribution in [0.5, 0.6) is 0 Å². The lowest BCUT2D eigenvalue weighted by molar-refractivity contribution is 0.152. The van der Waals surface area contributed by atoms with E-state index in [0.29, 0.717) is 6.04 Å². The predicted octanol–water partition coefficient (Wildman–Crippen LogP) is 3.44. The smallest absolute Gasteiger partial charge is 0.0843 e. The normalized spacial score (nSPS) is 16.0. The van der Waals surface area contributed by atoms with Crippen LogP contribution in [0, 0.1) is 0 Å². The SMILES string of the molecule is CCCN(Cc1nn(CC)c2ccccc12)C1CCNCC1.Cl. The topological polar surface area (TPSA) is 33.1 Å². The Balaban J connectivity index is 0.00000192. The Morgan fingerprint density at radius 2 is 1.96 bits per heavy atom. The number of piperidine rings is 1. The van der Waals surface area contributed by atoms with Crippen molar-refractivity contribution in [1.82, 2.24) is 20.0 Å². The third-order valence-corrected chi connectivity index (χ3v) is 4.72. The van der Waals surface area contributed by atoms with Crippen molar-refractivity contribution in [2.45, 2.75) is 52.2 Å². The van der Waals surface area contributed by atoms with Crippen LogP contribution < -0.4 is 5.32 Å². The maximum absolute atomic E-state index is 4.88. The van der Waals surface area contributed by atoms with E-state index < -0.39 is 0 Å². The number of nitrogens with one attached hydrogen (secondary N) is 1. The molecule has 0 spiro atoms. The largest absolute Gasteiger partial charge is 0.317 e. The van der Waals surface area contributed by atoms with Gasteiger partial charge in [0.15, 0.2) is 0 Å². The van der Waals surface area contributed by atoms with E-state index in [1.807, 2.05) is 0 Å². The highest BCUT2D eigenvalue weighted by Gasteiger charge is 2.22. The van der Waals surface area contributed by atoms with Gasteiger partial charge in [0.25, 0.3) is 0 Å². The Kier molecular flexibility index (Phi) is 6.88. The average molecular weight is 337 g/mol. The van der Waals surface area contributed by atoms with Gasteiger partial charge < -0.3 is 5.32 Å². The summed E-state index contributed by atoms with van der Waals surface area (Å²) in [6.45, 7) is 9.81. The van der Waals surface area contributed by atoms with Crippen molar-refractivity contribution in [3.8, 4) is 0 Å². The number of nitrogens with zero attached hydrogens (tertiary/aromatic N) is 3. The monoisotopic (exact) mass is 336 g/mol. The van der Waals surface area contributed by atoms with E-state index in [0.717, 1.165) is 32.7 Å². The van der Waals surface area contributed by atoms with Crippen LogP contribution in [-0.4, -0.2) is 40.4 Å². The summed E-state index contributed by atoms with van der Waals surface area (Å²) >= 11 is 0. The van der Waals surface area contributed by atoms with Crippen LogP contribution in [0.3, 0.4) is 0 Å². The Bertz CT molecular complexity index is 604. The number of hydrogen-bond donors (Lipinski definition) is 1. The Labute approximate surface area is 145 Å². The minimum absolute atomic E-state index is 0. The summed E-state index contributed by atoms with van der Waals surface area (Å²) in [5.74, 6) is 0. The molecule has 1 aliphatic rings. The summed E-state index contributed by atoms with van der Waals surface area (Å²) < 4.78 is 2.14. The van der Waals surface area contributed by atoms with Crippen molar-refractivity contribution in [3.63, 3.8) is 0 Å². The van der Waals surface area contributed by atoms with Gasteiger partial charge in [-0.2, -0.15) is 5.10 Å². The van der Waals surface area contributed by atoms with Crippen LogP contribution in [0.15, 0.2) is 24.3 Å². The number of rotatable bonds is 6. The van der Waals surface area contributed by atoms with Crippen molar-refractivity contribution in [2.24, 2.45) is 0 Å². The molecule has 0 saturated carbocycles. The molecule has 0 radical (unpaired) electrons. The first kappa shape index (κ1) is 18.2. The molecule has 1 aliphatic heterocycles. The van der Waals surface area contributed by atoms with Gasteiger partial charge in [0.05, 0.1) is 11.2 Å². The van der Waals surface area contributed by atoms with E-state index in [-0.39, 0.29) is 12.4 Å². The second-order valence-corrected chi connectivity index (χ2v) is 6.23. The molecule has 4 nitrogen and oxygen atoms in total. The fourth-order valence-electron chi connectivity index (χ4n) is 3.60. The highest BCUT2D eigenvalue weighted by atomic mass is 35.5. The zero-order valence-electron chi connectivity index (χ0n) is 14.3. The zero-order chi connectivity index (χ0) is 15.4. The molecule has 2 heterocycles. The maximum atomic E-state index is 4.88. The van der Waals surface area contributed by atoms with Gasteiger partial charge in [0.1, 0.15) is 0 Å². The lowest BCUT2D eigenvalue weighted by Crippen LogP contribution is -2.43. The highest BCUT2D eigenvalue weighted by Crippen LogP contribution is 2.22. The van der Waals surface area contributed by atoms with Crippen molar-refractivity contribution < 1.29 is 0 Å². The van der Waals surface area contributed by atoms with Crippen LogP contribution in [0.2, 0.25) is 0 Å². The fraction of sp³-hybridized carbons (Fsp3) is 0.611. The molecule has 1 saturated heterocycles. The van der Waals surface area contributed by atoms with Crippen molar-refractivity contribution in [2.75, 3.05) is 19.6 Å². The number of hydrogen-bond acceptors (Lipinski definition) is 3. The summed E-state index contributed by atoms with van der Waals surface area (Å²) in [6.07, 6.45) is 3.72. The van der Waals surface area contributed by atoms with Crippen molar-refractivity contribution in [1.29, 1.82) is 0 Å². The molecule has 2 aromatic rings. The minimum atomic E-state index is 0. The van der Waals surface area contributed by atoms with E-state index in [2.05, 4.69) is 53.0 Å². The number of para-hydroxylation sites is 1. The first-order valence-electron chi connectivity index (χ1n) is 8.72. The quantitative estimate of drug-likeness (QED) is 0.877. The molecule has 1 N–H and O–H groups in total.